The van der Waals surface area contributed by atoms with E-state index in [0.29, 0.717) is 18.6 Å². The van der Waals surface area contributed by atoms with Crippen LogP contribution < -0.4 is 15.0 Å². The minimum atomic E-state index is 0.0707. The van der Waals surface area contributed by atoms with Crippen LogP contribution in [0.3, 0.4) is 0 Å². The molecule has 0 radical (unpaired) electrons. The topological polar surface area (TPSA) is 81.5 Å². The van der Waals surface area contributed by atoms with Crippen molar-refractivity contribution >= 4 is 17.4 Å². The zero-order chi connectivity index (χ0) is 20.1. The Labute approximate surface area is 170 Å². The van der Waals surface area contributed by atoms with Crippen molar-refractivity contribution < 1.29 is 9.53 Å². The molecule has 4 rings (SSSR count). The first-order chi connectivity index (χ1) is 14.2. The van der Waals surface area contributed by atoms with Gasteiger partial charge in [0.15, 0.2) is 0 Å². The van der Waals surface area contributed by atoms with Crippen molar-refractivity contribution in [1.29, 1.82) is 5.26 Å². The van der Waals surface area contributed by atoms with Crippen LogP contribution in [0.4, 0.5) is 11.5 Å². The standard InChI is InChI=1S/C22H25N5O2/c23-16-18-3-1-8-24-22(18)27-12-10-26(11-13-27)9-2-14-29-19-6-4-17-5-7-21(28)25-20(17)15-19/h1,3-4,6,8,15H,2,5,7,9-14H2,(H,25,28). The van der Waals surface area contributed by atoms with E-state index in [1.807, 2.05) is 24.3 Å². The van der Waals surface area contributed by atoms with Gasteiger partial charge in [-0.1, -0.05) is 6.07 Å². The van der Waals surface area contributed by atoms with E-state index in [-0.39, 0.29) is 5.91 Å². The van der Waals surface area contributed by atoms with Crippen molar-refractivity contribution in [2.24, 2.45) is 0 Å². The highest BCUT2D eigenvalue weighted by molar-refractivity contribution is 5.94. The van der Waals surface area contributed by atoms with Gasteiger partial charge in [-0.2, -0.15) is 5.26 Å². The number of aromatic nitrogens is 1. The first kappa shape index (κ1) is 19.2. The Bertz CT molecular complexity index is 916. The number of nitriles is 1. The van der Waals surface area contributed by atoms with Gasteiger partial charge < -0.3 is 15.0 Å². The van der Waals surface area contributed by atoms with Crippen LogP contribution in [-0.4, -0.2) is 55.1 Å². The molecule has 29 heavy (non-hydrogen) atoms. The van der Waals surface area contributed by atoms with Crippen LogP contribution in [0.5, 0.6) is 5.75 Å². The predicted molar refractivity (Wildman–Crippen MR) is 111 cm³/mol. The summed E-state index contributed by atoms with van der Waals surface area (Å²) in [6.45, 7) is 5.27. The Hall–Kier alpha value is -3.11. The van der Waals surface area contributed by atoms with Gasteiger partial charge in [-0.25, -0.2) is 4.98 Å². The Morgan fingerprint density at radius 2 is 2.03 bits per heavy atom. The van der Waals surface area contributed by atoms with E-state index in [2.05, 4.69) is 26.2 Å². The maximum atomic E-state index is 11.5. The normalized spacial score (nSPS) is 16.7. The molecule has 1 amide bonds. The monoisotopic (exact) mass is 391 g/mol. The van der Waals surface area contributed by atoms with Crippen molar-refractivity contribution in [2.45, 2.75) is 19.3 Å². The van der Waals surface area contributed by atoms with Gasteiger partial charge in [0.2, 0.25) is 5.91 Å². The zero-order valence-electron chi connectivity index (χ0n) is 16.4. The number of nitrogens with one attached hydrogen (secondary N) is 1. The summed E-state index contributed by atoms with van der Waals surface area (Å²) in [4.78, 5) is 20.5. The lowest BCUT2D eigenvalue weighted by atomic mass is 10.0. The smallest absolute Gasteiger partial charge is 0.224 e. The van der Waals surface area contributed by atoms with Gasteiger partial charge in [-0.05, 0) is 36.6 Å². The number of carbonyl (C=O) groups is 1. The second kappa shape index (κ2) is 8.93. The van der Waals surface area contributed by atoms with Crippen LogP contribution in [0, 0.1) is 11.3 Å². The lowest BCUT2D eigenvalue weighted by Gasteiger charge is -2.35. The maximum Gasteiger partial charge on any atom is 0.224 e. The molecule has 1 saturated heterocycles. The lowest BCUT2D eigenvalue weighted by molar-refractivity contribution is -0.116. The molecule has 0 aliphatic carbocycles. The molecule has 150 valence electrons. The maximum absolute atomic E-state index is 11.5. The first-order valence-corrected chi connectivity index (χ1v) is 10.1. The molecule has 2 aliphatic heterocycles. The summed E-state index contributed by atoms with van der Waals surface area (Å²) in [6, 6.07) is 11.8. The molecule has 7 heteroatoms. The Morgan fingerprint density at radius 3 is 2.86 bits per heavy atom. The second-order valence-corrected chi connectivity index (χ2v) is 7.38. The number of hydrogen-bond acceptors (Lipinski definition) is 6. The van der Waals surface area contributed by atoms with E-state index >= 15 is 0 Å². The van der Waals surface area contributed by atoms with Gasteiger partial charge in [-0.3, -0.25) is 9.69 Å². The number of piperazine rings is 1. The lowest BCUT2D eigenvalue weighted by Crippen LogP contribution is -2.47. The highest BCUT2D eigenvalue weighted by Gasteiger charge is 2.20. The van der Waals surface area contributed by atoms with Gasteiger partial charge >= 0.3 is 0 Å². The summed E-state index contributed by atoms with van der Waals surface area (Å²) >= 11 is 0. The molecule has 3 heterocycles. The molecule has 0 spiro atoms. The molecular weight excluding hydrogens is 366 g/mol. The van der Waals surface area contributed by atoms with Crippen LogP contribution in [0.2, 0.25) is 0 Å². The Kier molecular flexibility index (Phi) is 5.92. The number of fused-ring (bicyclic) bond motifs is 1. The van der Waals surface area contributed by atoms with Gasteiger partial charge in [-0.15, -0.1) is 0 Å². The van der Waals surface area contributed by atoms with Crippen LogP contribution in [-0.2, 0) is 11.2 Å². The summed E-state index contributed by atoms with van der Waals surface area (Å²) in [6.07, 6.45) is 4.03. The molecule has 1 fully saturated rings. The molecule has 7 nitrogen and oxygen atoms in total. The van der Waals surface area contributed by atoms with Gasteiger partial charge in [0.05, 0.1) is 12.2 Å². The third kappa shape index (κ3) is 4.66. The van der Waals surface area contributed by atoms with E-state index in [0.717, 1.165) is 62.8 Å². The fraction of sp³-hybridized carbons (Fsp3) is 0.409. The Morgan fingerprint density at radius 1 is 1.17 bits per heavy atom. The molecule has 1 aromatic heterocycles. The van der Waals surface area contributed by atoms with Crippen LogP contribution in [0.1, 0.15) is 24.0 Å². The van der Waals surface area contributed by atoms with E-state index in [1.54, 1.807) is 12.3 Å². The molecule has 1 N–H and O–H groups in total. The number of benzene rings is 1. The number of anilines is 2. The van der Waals surface area contributed by atoms with Crippen LogP contribution in [0.15, 0.2) is 36.5 Å². The number of rotatable bonds is 6. The quantitative estimate of drug-likeness (QED) is 0.762. The number of pyridine rings is 1. The molecule has 2 aliphatic rings. The summed E-state index contributed by atoms with van der Waals surface area (Å²) in [5.74, 6) is 1.66. The van der Waals surface area contributed by atoms with E-state index in [4.69, 9.17) is 4.74 Å². The van der Waals surface area contributed by atoms with E-state index in [1.165, 1.54) is 5.56 Å². The molecular formula is C22H25N5O2. The molecule has 0 unspecified atom stereocenters. The third-order valence-corrected chi connectivity index (χ3v) is 5.44. The number of aryl methyl sites for hydroxylation is 1. The highest BCUT2D eigenvalue weighted by atomic mass is 16.5. The SMILES string of the molecule is N#Cc1cccnc1N1CCN(CCCOc2ccc3c(c2)NC(=O)CC3)CC1. The van der Waals surface area contributed by atoms with Gasteiger partial charge in [0.25, 0.3) is 0 Å². The molecule has 0 bridgehead atoms. The number of amides is 1. The summed E-state index contributed by atoms with van der Waals surface area (Å²) < 4.78 is 5.88. The number of nitrogens with zero attached hydrogens (tertiary/aromatic N) is 4. The number of carbonyl (C=O) groups excluding carboxylic acids is 1. The first-order valence-electron chi connectivity index (χ1n) is 10.1. The fourth-order valence-corrected chi connectivity index (χ4v) is 3.84. The zero-order valence-corrected chi connectivity index (χ0v) is 16.4. The Balaban J connectivity index is 1.20. The van der Waals surface area contributed by atoms with Crippen molar-refractivity contribution in [2.75, 3.05) is 49.5 Å². The van der Waals surface area contributed by atoms with Crippen LogP contribution in [0.25, 0.3) is 0 Å². The molecule has 0 atom stereocenters. The number of hydrogen-bond donors (Lipinski definition) is 1. The fourth-order valence-electron chi connectivity index (χ4n) is 3.84. The summed E-state index contributed by atoms with van der Waals surface area (Å²) in [7, 11) is 0. The summed E-state index contributed by atoms with van der Waals surface area (Å²) in [5, 5.41) is 12.2. The van der Waals surface area contributed by atoms with Crippen molar-refractivity contribution in [3.63, 3.8) is 0 Å². The third-order valence-electron chi connectivity index (χ3n) is 5.44. The van der Waals surface area contributed by atoms with Gasteiger partial charge in [0, 0.05) is 57.1 Å². The van der Waals surface area contributed by atoms with Crippen LogP contribution >= 0.6 is 0 Å². The summed E-state index contributed by atoms with van der Waals surface area (Å²) in [5.41, 5.74) is 2.68. The van der Waals surface area contributed by atoms with E-state index < -0.39 is 0 Å². The predicted octanol–water partition coefficient (Wildman–Crippen LogP) is 2.43. The van der Waals surface area contributed by atoms with Gasteiger partial charge in [0.1, 0.15) is 17.6 Å². The largest absolute Gasteiger partial charge is 0.493 e. The number of ether oxygens (including phenoxy) is 1. The van der Waals surface area contributed by atoms with Crippen molar-refractivity contribution in [3.8, 4) is 11.8 Å². The minimum Gasteiger partial charge on any atom is -0.493 e. The average molecular weight is 391 g/mol. The average Bonchev–Trinajstić information content (AvgIpc) is 2.77. The van der Waals surface area contributed by atoms with Crippen molar-refractivity contribution in [1.82, 2.24) is 9.88 Å². The highest BCUT2D eigenvalue weighted by Crippen LogP contribution is 2.27. The van der Waals surface area contributed by atoms with Crippen molar-refractivity contribution in [3.05, 3.63) is 47.7 Å². The van der Waals surface area contributed by atoms with E-state index in [9.17, 15) is 10.1 Å². The molecule has 1 aromatic carbocycles. The second-order valence-electron chi connectivity index (χ2n) is 7.38. The minimum absolute atomic E-state index is 0.0707. The molecule has 0 saturated carbocycles. The molecule has 2 aromatic rings.